The van der Waals surface area contributed by atoms with E-state index in [4.69, 9.17) is 9.47 Å². The first-order chi connectivity index (χ1) is 32.2. The molecule has 1 aliphatic rings. The smallest absolute Gasteiger partial charge is 0.354 e. The molecule has 0 bridgehead atoms. The molecule has 0 spiro atoms. The van der Waals surface area contributed by atoms with Gasteiger partial charge in [-0.2, -0.15) is 43.8 Å². The molecule has 0 radical (unpaired) electrons. The molecular formula is C38H34N8O19S4. The number of amides is 1. The molecule has 0 saturated carbocycles. The van der Waals surface area contributed by atoms with Gasteiger partial charge in [0.1, 0.15) is 33.6 Å². The van der Waals surface area contributed by atoms with Crippen LogP contribution in [-0.4, -0.2) is 105 Å². The van der Waals surface area contributed by atoms with Crippen molar-refractivity contribution in [2.75, 3.05) is 46.4 Å². The number of benzene rings is 6. The number of carbonyl (C=O) groups excluding carboxylic acids is 1. The highest BCUT2D eigenvalue weighted by Crippen LogP contribution is 2.42. The minimum Gasteiger partial charge on any atom is -0.507 e. The molecule has 69 heavy (non-hydrogen) atoms. The van der Waals surface area contributed by atoms with Crippen LogP contribution in [0.3, 0.4) is 0 Å². The Hall–Kier alpha value is -7.75. The highest BCUT2D eigenvalue weighted by atomic mass is 32.2. The van der Waals surface area contributed by atoms with Gasteiger partial charge in [-0.05, 0) is 77.5 Å². The average Bonchev–Trinajstić information content (AvgIpc) is 3.61. The number of phenols is 2. The summed E-state index contributed by atoms with van der Waals surface area (Å²) >= 11 is 0. The van der Waals surface area contributed by atoms with Crippen LogP contribution in [0.1, 0.15) is 0 Å². The number of carboxylic acids is 1. The van der Waals surface area contributed by atoms with Crippen LogP contribution in [0.5, 0.6) is 23.0 Å². The van der Waals surface area contributed by atoms with Gasteiger partial charge in [-0.25, -0.2) is 10.2 Å². The van der Waals surface area contributed by atoms with Crippen LogP contribution in [0, 0.1) is 0 Å². The maximum Gasteiger partial charge on any atom is 0.354 e. The molecule has 31 heteroatoms. The number of hydrazine groups is 3. The molecule has 7 rings (SSSR count). The molecule has 0 aliphatic carbocycles. The number of phenolic OH excluding ortho intramolecular Hbond substituents is 2. The van der Waals surface area contributed by atoms with Gasteiger partial charge < -0.3 is 30.2 Å². The van der Waals surface area contributed by atoms with Crippen LogP contribution >= 0.6 is 0 Å². The van der Waals surface area contributed by atoms with Crippen molar-refractivity contribution in [3.05, 3.63) is 84.9 Å². The predicted molar refractivity (Wildman–Crippen MR) is 244 cm³/mol. The average molecular weight is 1030 g/mol. The van der Waals surface area contributed by atoms with Gasteiger partial charge in [0.05, 0.1) is 51.7 Å². The molecule has 0 saturated heterocycles. The summed E-state index contributed by atoms with van der Waals surface area (Å²) in [6, 6.07) is 13.3. The van der Waals surface area contributed by atoms with Crippen LogP contribution in [-0.2, 0) is 50.1 Å². The number of nitrogens with zero attached hydrogens (tertiary/aromatic N) is 2. The first-order valence-electron chi connectivity index (χ1n) is 18.8. The second kappa shape index (κ2) is 18.1. The molecule has 6 aromatic carbocycles. The third-order valence-electron chi connectivity index (χ3n) is 10.00. The molecule has 1 unspecified atom stereocenters. The number of rotatable bonds is 17. The van der Waals surface area contributed by atoms with Gasteiger partial charge in [0, 0.05) is 34.7 Å². The van der Waals surface area contributed by atoms with E-state index in [-0.39, 0.29) is 61.5 Å². The summed E-state index contributed by atoms with van der Waals surface area (Å²) in [5.74, 6) is -3.98. The van der Waals surface area contributed by atoms with Gasteiger partial charge in [-0.3, -0.25) is 44.7 Å². The normalized spacial score (nSPS) is 14.3. The maximum absolute atomic E-state index is 13.3. The molecule has 0 aromatic heterocycles. The molecule has 1 aliphatic heterocycles. The highest BCUT2D eigenvalue weighted by molar-refractivity contribution is 7.86. The van der Waals surface area contributed by atoms with Crippen molar-refractivity contribution in [2.45, 2.75) is 25.6 Å². The van der Waals surface area contributed by atoms with Crippen molar-refractivity contribution in [1.82, 2.24) is 5.43 Å². The summed E-state index contributed by atoms with van der Waals surface area (Å²) in [6.07, 6.45) is 0. The summed E-state index contributed by atoms with van der Waals surface area (Å²) < 4.78 is 146. The van der Waals surface area contributed by atoms with E-state index in [1.807, 2.05) is 0 Å². The van der Waals surface area contributed by atoms with E-state index in [1.165, 1.54) is 44.6 Å². The van der Waals surface area contributed by atoms with Crippen molar-refractivity contribution in [3.8, 4) is 23.0 Å². The van der Waals surface area contributed by atoms with E-state index >= 15 is 0 Å². The van der Waals surface area contributed by atoms with E-state index in [1.54, 1.807) is 0 Å². The molecular weight excluding hydrogens is 1000 g/mol. The number of nitrogens with one attached hydrogen (secondary N) is 6. The summed E-state index contributed by atoms with van der Waals surface area (Å²) in [7, 11) is -17.0. The zero-order chi connectivity index (χ0) is 50.5. The number of carbonyl (C=O) groups is 2. The van der Waals surface area contributed by atoms with E-state index in [0.29, 0.717) is 11.1 Å². The Morgan fingerprint density at radius 3 is 1.71 bits per heavy atom. The second-order valence-corrected chi connectivity index (χ2v) is 20.0. The second-order valence-electron chi connectivity index (χ2n) is 14.3. The number of methoxy groups -OCH3 is 2. The summed E-state index contributed by atoms with van der Waals surface area (Å²) in [6.45, 7) is 0. The van der Waals surface area contributed by atoms with Crippen LogP contribution < -0.4 is 47.0 Å². The van der Waals surface area contributed by atoms with Gasteiger partial charge in [-0.15, -0.1) is 0 Å². The third-order valence-corrected chi connectivity index (χ3v) is 13.4. The molecule has 1 amide bonds. The highest BCUT2D eigenvalue weighted by Gasteiger charge is 2.40. The van der Waals surface area contributed by atoms with E-state index in [9.17, 15) is 76.8 Å². The van der Waals surface area contributed by atoms with Crippen molar-refractivity contribution >= 4 is 114 Å². The zero-order valence-corrected chi connectivity index (χ0v) is 38.0. The van der Waals surface area contributed by atoms with E-state index < -0.39 is 101 Å². The van der Waals surface area contributed by atoms with E-state index in [2.05, 4.69) is 37.7 Å². The number of hydrogen-bond donors (Lipinski definition) is 13. The monoisotopic (exact) mass is 1030 g/mol. The summed E-state index contributed by atoms with van der Waals surface area (Å²) in [4.78, 5) is 22.5. The summed E-state index contributed by atoms with van der Waals surface area (Å²) in [5, 5.41) is 36.0. The Balaban J connectivity index is 1.13. The number of hydrogen-bond acceptors (Lipinski definition) is 21. The lowest BCUT2D eigenvalue weighted by Gasteiger charge is -2.21. The molecule has 27 nitrogen and oxygen atoms in total. The Morgan fingerprint density at radius 1 is 0.623 bits per heavy atom. The maximum atomic E-state index is 13.3. The Kier molecular flexibility index (Phi) is 12.9. The van der Waals surface area contributed by atoms with Crippen molar-refractivity contribution in [1.29, 1.82) is 0 Å². The van der Waals surface area contributed by atoms with Crippen LogP contribution in [0.25, 0.3) is 21.5 Å². The van der Waals surface area contributed by atoms with Gasteiger partial charge >= 0.3 is 5.97 Å². The lowest BCUT2D eigenvalue weighted by Crippen LogP contribution is -2.48. The van der Waals surface area contributed by atoms with Gasteiger partial charge in [0.2, 0.25) is 0 Å². The molecule has 1 atom stereocenters. The lowest BCUT2D eigenvalue weighted by molar-refractivity contribution is -0.130. The topological polar surface area (TPSA) is 419 Å². The van der Waals surface area contributed by atoms with Crippen molar-refractivity contribution in [2.24, 2.45) is 5.10 Å². The number of aliphatic carboxylic acids is 1. The minimum absolute atomic E-state index is 0.00232. The predicted octanol–water partition coefficient (Wildman–Crippen LogP) is 3.06. The standard InChI is InChI=1S/C38H34N8O19S4/c1-64-29-16-26(30(65-2)15-25(29)40-42-27-13-22(67(55,56)57)10-18-11-23(68(58,59)60)14-28(47)32(18)27)41-43-33-31(69(61,62)63)12-17-9-19(3-8-24(17)36(33)48)39-44-34-35(38(50)51)45-46(37(34)49)20-4-6-21(7-5-20)66(52,53)54/h3-16,34,39-44,47-48H,1-2H3,(H,50,51)(H,52,53,54)(H,55,56,57)(H,58,59,60)(H,61,62,63). The van der Waals surface area contributed by atoms with Crippen LogP contribution in [0.2, 0.25) is 0 Å². The fraction of sp³-hybridized carbons (Fsp3) is 0.0789. The molecule has 1 heterocycles. The number of carboxylic acid groups (broad SMARTS) is 1. The van der Waals surface area contributed by atoms with Gasteiger partial charge in [0.25, 0.3) is 46.4 Å². The first kappa shape index (κ1) is 49.2. The molecule has 13 N–H and O–H groups in total. The van der Waals surface area contributed by atoms with Crippen molar-refractivity contribution in [3.63, 3.8) is 0 Å². The largest absolute Gasteiger partial charge is 0.507 e. The molecule has 0 fully saturated rings. The van der Waals surface area contributed by atoms with Crippen LogP contribution in [0.15, 0.2) is 110 Å². The molecule has 6 aromatic rings. The Labute approximate surface area is 388 Å². The molecule has 364 valence electrons. The number of anilines is 6. The van der Waals surface area contributed by atoms with Crippen LogP contribution in [0.4, 0.5) is 34.1 Å². The Bertz CT molecular complexity index is 3630. The number of aromatic hydroxyl groups is 2. The number of ether oxygens (including phenoxy) is 2. The lowest BCUT2D eigenvalue weighted by atomic mass is 10.1. The Morgan fingerprint density at radius 2 is 1.17 bits per heavy atom. The fourth-order valence-electron chi connectivity index (χ4n) is 6.81. The summed E-state index contributed by atoms with van der Waals surface area (Å²) in [5.41, 5.74) is 14.3. The van der Waals surface area contributed by atoms with Gasteiger partial charge in [-0.1, -0.05) is 0 Å². The van der Waals surface area contributed by atoms with Crippen molar-refractivity contribution < 1.29 is 86.3 Å². The van der Waals surface area contributed by atoms with Gasteiger partial charge in [0.15, 0.2) is 11.8 Å². The van der Waals surface area contributed by atoms with E-state index in [0.717, 1.165) is 48.5 Å². The first-order valence-corrected chi connectivity index (χ1v) is 24.5. The minimum atomic E-state index is -5.13. The SMILES string of the molecule is COc1cc(NNc2cc(S(=O)(=O)O)cc3cc(S(=O)(=O)O)cc(O)c23)c(OC)cc1NNc1c(S(=O)(=O)O)cc2cc(NNC3C(=O)N(c4ccc(S(=O)(=O)O)cc4)N=C3C(=O)O)ccc2c1O. The quantitative estimate of drug-likeness (QED) is 0.0354. The third kappa shape index (κ3) is 10.1. The zero-order valence-electron chi connectivity index (χ0n) is 34.7. The number of hydrazone groups is 1. The fourth-order valence-corrected chi connectivity index (χ4v) is 9.05. The number of fused-ring (bicyclic) bond motifs is 2.